The lowest BCUT2D eigenvalue weighted by molar-refractivity contribution is -0.122. The number of hydrogen-bond acceptors (Lipinski definition) is 6. The number of carbonyl (C=O) groups excluding carboxylic acids is 2. The number of carbonyl (C=O) groups is 2. The number of aromatic nitrogens is 1. The van der Waals surface area contributed by atoms with E-state index in [1.807, 2.05) is 0 Å². The summed E-state index contributed by atoms with van der Waals surface area (Å²) in [5.74, 6) is -2.01. The van der Waals surface area contributed by atoms with E-state index >= 15 is 0 Å². The molecule has 2 heterocycles. The molecular formula is C22H19F2N3O4S. The van der Waals surface area contributed by atoms with Gasteiger partial charge in [-0.2, -0.15) is 0 Å². The van der Waals surface area contributed by atoms with Crippen molar-refractivity contribution in [2.75, 3.05) is 31.0 Å². The summed E-state index contributed by atoms with van der Waals surface area (Å²) >= 11 is 1.16. The van der Waals surface area contributed by atoms with E-state index in [2.05, 4.69) is 10.3 Å². The summed E-state index contributed by atoms with van der Waals surface area (Å²) in [5, 5.41) is 4.65. The maximum atomic E-state index is 13.5. The Labute approximate surface area is 186 Å². The number of rotatable bonds is 6. The SMILES string of the molecule is COc1ccc(OC)c(N2CC(C(=O)Nc3nc(-c4ccc(F)c(F)c4)cs3)CC2=O)c1. The average Bonchev–Trinajstić information content (AvgIpc) is 3.42. The molecule has 1 N–H and O–H groups in total. The predicted octanol–water partition coefficient (Wildman–Crippen LogP) is 4.10. The number of halogens is 2. The molecule has 32 heavy (non-hydrogen) atoms. The van der Waals surface area contributed by atoms with Gasteiger partial charge in [0.2, 0.25) is 11.8 Å². The largest absolute Gasteiger partial charge is 0.497 e. The first-order valence-corrected chi connectivity index (χ1v) is 10.5. The Hall–Kier alpha value is -3.53. The highest BCUT2D eigenvalue weighted by molar-refractivity contribution is 7.14. The van der Waals surface area contributed by atoms with Crippen LogP contribution < -0.4 is 19.7 Å². The highest BCUT2D eigenvalue weighted by Crippen LogP contribution is 2.36. The minimum atomic E-state index is -0.974. The zero-order chi connectivity index (χ0) is 22.8. The second kappa shape index (κ2) is 8.91. The third kappa shape index (κ3) is 4.26. The lowest BCUT2D eigenvalue weighted by atomic mass is 10.1. The fourth-order valence-corrected chi connectivity index (χ4v) is 4.17. The summed E-state index contributed by atoms with van der Waals surface area (Å²) in [6, 6.07) is 8.59. The summed E-state index contributed by atoms with van der Waals surface area (Å²) in [4.78, 5) is 31.2. The highest BCUT2D eigenvalue weighted by Gasteiger charge is 2.36. The van der Waals surface area contributed by atoms with E-state index in [-0.39, 0.29) is 24.8 Å². The van der Waals surface area contributed by atoms with Gasteiger partial charge in [0.15, 0.2) is 16.8 Å². The summed E-state index contributed by atoms with van der Waals surface area (Å²) < 4.78 is 37.2. The Morgan fingerprint density at radius 1 is 1.16 bits per heavy atom. The topological polar surface area (TPSA) is 80.8 Å². The molecule has 0 spiro atoms. The maximum Gasteiger partial charge on any atom is 0.231 e. The summed E-state index contributed by atoms with van der Waals surface area (Å²) in [6.45, 7) is 0.176. The van der Waals surface area contributed by atoms with Gasteiger partial charge in [-0.3, -0.25) is 9.59 Å². The van der Waals surface area contributed by atoms with Crippen LogP contribution in [0.5, 0.6) is 11.5 Å². The van der Waals surface area contributed by atoms with Crippen molar-refractivity contribution >= 4 is 34.0 Å². The number of hydrogen-bond donors (Lipinski definition) is 1. The molecule has 0 aliphatic carbocycles. The maximum absolute atomic E-state index is 13.5. The van der Waals surface area contributed by atoms with E-state index in [0.29, 0.717) is 33.6 Å². The third-order valence-corrected chi connectivity index (χ3v) is 5.88. The van der Waals surface area contributed by atoms with E-state index in [0.717, 1.165) is 23.5 Å². The predicted molar refractivity (Wildman–Crippen MR) is 116 cm³/mol. The molecule has 0 bridgehead atoms. The van der Waals surface area contributed by atoms with Gasteiger partial charge in [-0.1, -0.05) is 0 Å². The molecule has 1 aromatic heterocycles. The Kier molecular flexibility index (Phi) is 6.04. The molecule has 1 fully saturated rings. The average molecular weight is 459 g/mol. The summed E-state index contributed by atoms with van der Waals surface area (Å²) in [5.41, 5.74) is 1.34. The number of anilines is 2. The molecule has 4 rings (SSSR count). The summed E-state index contributed by atoms with van der Waals surface area (Å²) in [6.07, 6.45) is 0.0353. The van der Waals surface area contributed by atoms with Gasteiger partial charge in [0.25, 0.3) is 0 Å². The quantitative estimate of drug-likeness (QED) is 0.601. The van der Waals surface area contributed by atoms with Crippen molar-refractivity contribution in [3.05, 3.63) is 53.4 Å². The van der Waals surface area contributed by atoms with E-state index in [1.165, 1.54) is 25.2 Å². The molecular weight excluding hydrogens is 440 g/mol. The van der Waals surface area contributed by atoms with E-state index in [1.54, 1.807) is 23.6 Å². The van der Waals surface area contributed by atoms with Crippen LogP contribution in [-0.2, 0) is 9.59 Å². The van der Waals surface area contributed by atoms with Crippen molar-refractivity contribution in [2.45, 2.75) is 6.42 Å². The van der Waals surface area contributed by atoms with Gasteiger partial charge in [0.1, 0.15) is 11.5 Å². The molecule has 0 radical (unpaired) electrons. The Morgan fingerprint density at radius 2 is 1.97 bits per heavy atom. The standard InChI is InChI=1S/C22H19F2N3O4S/c1-30-14-4-6-19(31-2)18(9-14)27-10-13(8-20(27)28)21(29)26-22-25-17(11-32-22)12-3-5-15(23)16(24)7-12/h3-7,9,11,13H,8,10H2,1-2H3,(H,25,26,29). The zero-order valence-electron chi connectivity index (χ0n) is 17.2. The van der Waals surface area contributed by atoms with Crippen LogP contribution in [0.25, 0.3) is 11.3 Å². The molecule has 1 atom stereocenters. The highest BCUT2D eigenvalue weighted by atomic mass is 32.1. The number of nitrogens with one attached hydrogen (secondary N) is 1. The monoisotopic (exact) mass is 459 g/mol. The number of methoxy groups -OCH3 is 2. The fraction of sp³-hybridized carbons (Fsp3) is 0.227. The molecule has 2 amide bonds. The first-order chi connectivity index (χ1) is 15.4. The molecule has 1 aliphatic rings. The van der Waals surface area contributed by atoms with Gasteiger partial charge in [-0.15, -0.1) is 11.3 Å². The molecule has 3 aromatic rings. The number of thiazole rings is 1. The van der Waals surface area contributed by atoms with Crippen LogP contribution in [0.4, 0.5) is 19.6 Å². The zero-order valence-corrected chi connectivity index (χ0v) is 18.0. The molecule has 10 heteroatoms. The van der Waals surface area contributed by atoms with Crippen molar-refractivity contribution in [1.82, 2.24) is 4.98 Å². The van der Waals surface area contributed by atoms with Gasteiger partial charge >= 0.3 is 0 Å². The minimum absolute atomic E-state index is 0.0353. The molecule has 1 unspecified atom stereocenters. The molecule has 166 valence electrons. The van der Waals surface area contributed by atoms with Crippen LogP contribution in [0.15, 0.2) is 41.8 Å². The van der Waals surface area contributed by atoms with Crippen LogP contribution in [0, 0.1) is 17.6 Å². The number of nitrogens with zero attached hydrogens (tertiary/aromatic N) is 2. The Bertz CT molecular complexity index is 1180. The Morgan fingerprint density at radius 3 is 2.69 bits per heavy atom. The normalized spacial score (nSPS) is 15.7. The van der Waals surface area contributed by atoms with Gasteiger partial charge in [0.05, 0.1) is 31.5 Å². The van der Waals surface area contributed by atoms with E-state index < -0.39 is 17.6 Å². The minimum Gasteiger partial charge on any atom is -0.497 e. The van der Waals surface area contributed by atoms with E-state index in [9.17, 15) is 18.4 Å². The van der Waals surface area contributed by atoms with Crippen LogP contribution in [0.2, 0.25) is 0 Å². The number of ether oxygens (including phenoxy) is 2. The smallest absolute Gasteiger partial charge is 0.231 e. The Balaban J connectivity index is 1.47. The van der Waals surface area contributed by atoms with Crippen molar-refractivity contribution in [1.29, 1.82) is 0 Å². The van der Waals surface area contributed by atoms with Gasteiger partial charge in [-0.25, -0.2) is 13.8 Å². The third-order valence-electron chi connectivity index (χ3n) is 5.12. The van der Waals surface area contributed by atoms with E-state index in [4.69, 9.17) is 9.47 Å². The van der Waals surface area contributed by atoms with Gasteiger partial charge in [-0.05, 0) is 30.3 Å². The van der Waals surface area contributed by atoms with Gasteiger partial charge < -0.3 is 19.7 Å². The van der Waals surface area contributed by atoms with Crippen LogP contribution in [0.1, 0.15) is 6.42 Å². The molecule has 2 aromatic carbocycles. The second-order valence-electron chi connectivity index (χ2n) is 7.10. The van der Waals surface area contributed by atoms with Gasteiger partial charge in [0, 0.05) is 30.0 Å². The fourth-order valence-electron chi connectivity index (χ4n) is 3.45. The van der Waals surface area contributed by atoms with Crippen molar-refractivity contribution in [3.8, 4) is 22.8 Å². The molecule has 0 saturated carbocycles. The number of amides is 2. The number of benzene rings is 2. The van der Waals surface area contributed by atoms with Crippen LogP contribution >= 0.6 is 11.3 Å². The first kappa shape index (κ1) is 21.7. The molecule has 1 saturated heterocycles. The molecule has 1 aliphatic heterocycles. The lowest BCUT2D eigenvalue weighted by Crippen LogP contribution is -2.28. The van der Waals surface area contributed by atoms with Crippen molar-refractivity contribution in [3.63, 3.8) is 0 Å². The van der Waals surface area contributed by atoms with Crippen molar-refractivity contribution < 1.29 is 27.8 Å². The molecule has 7 nitrogen and oxygen atoms in total. The van der Waals surface area contributed by atoms with Crippen LogP contribution in [-0.4, -0.2) is 37.6 Å². The van der Waals surface area contributed by atoms with Crippen LogP contribution in [0.3, 0.4) is 0 Å². The lowest BCUT2D eigenvalue weighted by Gasteiger charge is -2.20. The summed E-state index contributed by atoms with van der Waals surface area (Å²) in [7, 11) is 3.03. The van der Waals surface area contributed by atoms with Crippen molar-refractivity contribution in [2.24, 2.45) is 5.92 Å². The second-order valence-corrected chi connectivity index (χ2v) is 7.96. The first-order valence-electron chi connectivity index (χ1n) is 9.63.